The molecule has 4 rings (SSSR count). The summed E-state index contributed by atoms with van der Waals surface area (Å²) >= 11 is 0. The van der Waals surface area contributed by atoms with Crippen molar-refractivity contribution >= 4 is 15.7 Å². The van der Waals surface area contributed by atoms with Crippen molar-refractivity contribution in [2.24, 2.45) is 0 Å². The number of anilines is 1. The van der Waals surface area contributed by atoms with Crippen molar-refractivity contribution in [3.8, 4) is 5.75 Å². The van der Waals surface area contributed by atoms with Crippen molar-refractivity contribution in [2.45, 2.75) is 49.5 Å². The van der Waals surface area contributed by atoms with Crippen LogP contribution in [-0.2, 0) is 27.6 Å². The minimum absolute atomic E-state index is 0.126. The molecular weight excluding hydrogens is 362 g/mol. The second-order valence-corrected chi connectivity index (χ2v) is 8.90. The summed E-state index contributed by atoms with van der Waals surface area (Å²) in [5, 5.41) is 0. The van der Waals surface area contributed by atoms with E-state index in [2.05, 4.69) is 4.72 Å². The highest BCUT2D eigenvalue weighted by molar-refractivity contribution is 7.92. The summed E-state index contributed by atoms with van der Waals surface area (Å²) in [6.45, 7) is 1.27. The Hall–Kier alpha value is -2.05. The van der Waals surface area contributed by atoms with Gasteiger partial charge < -0.3 is 9.47 Å². The van der Waals surface area contributed by atoms with Gasteiger partial charge in [0.15, 0.2) is 0 Å². The molecule has 6 heteroatoms. The maximum atomic E-state index is 12.8. The lowest BCUT2D eigenvalue weighted by molar-refractivity contribution is 0.0680. The van der Waals surface area contributed by atoms with Gasteiger partial charge in [0.1, 0.15) is 12.4 Å². The number of hydrogen-bond donors (Lipinski definition) is 1. The predicted octanol–water partition coefficient (Wildman–Crippen LogP) is 3.92. The fourth-order valence-electron chi connectivity index (χ4n) is 3.71. The van der Waals surface area contributed by atoms with Crippen molar-refractivity contribution in [2.75, 3.05) is 17.9 Å². The van der Waals surface area contributed by atoms with Crippen LogP contribution in [0.15, 0.2) is 47.4 Å². The number of nitrogens with one attached hydrogen (secondary N) is 1. The highest BCUT2D eigenvalue weighted by Gasteiger charge is 2.19. The Balaban J connectivity index is 1.46. The third kappa shape index (κ3) is 4.45. The lowest BCUT2D eigenvalue weighted by atomic mass is 9.92. The zero-order chi connectivity index (χ0) is 18.7. The van der Waals surface area contributed by atoms with Crippen LogP contribution in [0, 0.1) is 0 Å². The molecule has 0 saturated carbocycles. The normalized spacial score (nSPS) is 19.5. The van der Waals surface area contributed by atoms with Gasteiger partial charge in [-0.1, -0.05) is 12.1 Å². The van der Waals surface area contributed by atoms with E-state index in [-0.39, 0.29) is 6.10 Å². The van der Waals surface area contributed by atoms with Gasteiger partial charge >= 0.3 is 0 Å². The zero-order valence-electron chi connectivity index (χ0n) is 15.3. The number of benzene rings is 2. The van der Waals surface area contributed by atoms with Crippen LogP contribution in [0.25, 0.3) is 0 Å². The average molecular weight is 388 g/mol. The Morgan fingerprint density at radius 2 is 1.89 bits per heavy atom. The number of hydrogen-bond acceptors (Lipinski definition) is 4. The van der Waals surface area contributed by atoms with Crippen molar-refractivity contribution in [1.29, 1.82) is 0 Å². The smallest absolute Gasteiger partial charge is 0.261 e. The Labute approximate surface area is 160 Å². The largest absolute Gasteiger partial charge is 0.491 e. The van der Waals surface area contributed by atoms with Crippen LogP contribution >= 0.6 is 0 Å². The molecule has 2 aliphatic rings. The van der Waals surface area contributed by atoms with E-state index in [0.29, 0.717) is 22.9 Å². The van der Waals surface area contributed by atoms with Crippen LogP contribution in [0.2, 0.25) is 0 Å². The Morgan fingerprint density at radius 1 is 1.04 bits per heavy atom. The molecule has 1 aliphatic carbocycles. The van der Waals surface area contributed by atoms with Gasteiger partial charge in [-0.25, -0.2) is 8.42 Å². The van der Waals surface area contributed by atoms with Gasteiger partial charge in [0.2, 0.25) is 0 Å². The zero-order valence-corrected chi connectivity index (χ0v) is 16.1. The van der Waals surface area contributed by atoms with Crippen molar-refractivity contribution in [1.82, 2.24) is 0 Å². The lowest BCUT2D eigenvalue weighted by Crippen LogP contribution is -2.17. The molecule has 0 aromatic heterocycles. The molecule has 2 aromatic rings. The van der Waals surface area contributed by atoms with E-state index in [1.54, 1.807) is 24.3 Å². The molecule has 0 amide bonds. The SMILES string of the molecule is O=S(=O)(Nc1cccc(OC[C@@H]2CCCO2)c1)c1ccc2c(c1)CCCC2. The first-order chi connectivity index (χ1) is 13.1. The van der Waals surface area contributed by atoms with E-state index in [4.69, 9.17) is 9.47 Å². The number of fused-ring (bicyclic) bond motifs is 1. The van der Waals surface area contributed by atoms with Crippen LogP contribution in [0.5, 0.6) is 5.75 Å². The van der Waals surface area contributed by atoms with E-state index < -0.39 is 10.0 Å². The highest BCUT2D eigenvalue weighted by Crippen LogP contribution is 2.26. The van der Waals surface area contributed by atoms with Gasteiger partial charge in [0, 0.05) is 12.7 Å². The topological polar surface area (TPSA) is 64.6 Å². The second kappa shape index (κ2) is 7.90. The fraction of sp³-hybridized carbons (Fsp3) is 0.429. The molecule has 5 nitrogen and oxygen atoms in total. The van der Waals surface area contributed by atoms with E-state index in [1.165, 1.54) is 12.0 Å². The molecule has 0 unspecified atom stereocenters. The molecule has 1 N–H and O–H groups in total. The Morgan fingerprint density at radius 3 is 2.70 bits per heavy atom. The molecule has 0 bridgehead atoms. The molecule has 2 aromatic carbocycles. The number of aryl methyl sites for hydroxylation is 2. The molecule has 1 fully saturated rings. The van der Waals surface area contributed by atoms with Gasteiger partial charge in [-0.2, -0.15) is 0 Å². The maximum absolute atomic E-state index is 12.8. The van der Waals surface area contributed by atoms with Crippen molar-refractivity contribution < 1.29 is 17.9 Å². The molecule has 0 radical (unpaired) electrons. The standard InChI is InChI=1S/C21H25NO4S/c23-27(24,21-11-10-16-5-1-2-6-17(16)13-21)22-18-7-3-8-19(14-18)26-15-20-9-4-12-25-20/h3,7-8,10-11,13-14,20,22H,1-2,4-6,9,12,15H2/t20-/m0/s1. The van der Waals surface area contributed by atoms with Gasteiger partial charge in [0.25, 0.3) is 10.0 Å². The fourth-order valence-corrected chi connectivity index (χ4v) is 4.81. The van der Waals surface area contributed by atoms with Gasteiger partial charge in [0.05, 0.1) is 16.7 Å². The van der Waals surface area contributed by atoms with Gasteiger partial charge in [-0.3, -0.25) is 4.72 Å². The molecule has 0 spiro atoms. The third-order valence-electron chi connectivity index (χ3n) is 5.18. The first-order valence-corrected chi connectivity index (χ1v) is 11.1. The third-order valence-corrected chi connectivity index (χ3v) is 6.56. The summed E-state index contributed by atoms with van der Waals surface area (Å²) in [5.74, 6) is 0.635. The van der Waals surface area contributed by atoms with Gasteiger partial charge in [-0.15, -0.1) is 0 Å². The monoisotopic (exact) mass is 387 g/mol. The molecule has 144 valence electrons. The Bertz CT molecular complexity index is 904. The Kier molecular flexibility index (Phi) is 5.36. The quantitative estimate of drug-likeness (QED) is 0.816. The summed E-state index contributed by atoms with van der Waals surface area (Å²) in [7, 11) is -3.62. The van der Waals surface area contributed by atoms with Crippen LogP contribution < -0.4 is 9.46 Å². The lowest BCUT2D eigenvalue weighted by Gasteiger charge is -2.17. The number of rotatable bonds is 6. The second-order valence-electron chi connectivity index (χ2n) is 7.22. The van der Waals surface area contributed by atoms with Crippen LogP contribution in [-0.4, -0.2) is 27.7 Å². The molecule has 27 heavy (non-hydrogen) atoms. The van der Waals surface area contributed by atoms with Gasteiger partial charge in [-0.05, 0) is 73.9 Å². The first kappa shape index (κ1) is 18.3. The molecule has 1 aliphatic heterocycles. The minimum atomic E-state index is -3.62. The summed E-state index contributed by atoms with van der Waals surface area (Å²) in [5.41, 5.74) is 2.92. The predicted molar refractivity (Wildman–Crippen MR) is 105 cm³/mol. The highest BCUT2D eigenvalue weighted by atomic mass is 32.2. The van der Waals surface area contributed by atoms with Crippen molar-refractivity contribution in [3.05, 3.63) is 53.6 Å². The number of sulfonamides is 1. The van der Waals surface area contributed by atoms with Crippen LogP contribution in [0.4, 0.5) is 5.69 Å². The van der Waals surface area contributed by atoms with E-state index >= 15 is 0 Å². The van der Waals surface area contributed by atoms with E-state index in [0.717, 1.165) is 44.3 Å². The summed E-state index contributed by atoms with van der Waals surface area (Å²) in [4.78, 5) is 0.314. The first-order valence-electron chi connectivity index (χ1n) is 9.59. The summed E-state index contributed by atoms with van der Waals surface area (Å²) < 4.78 is 39.6. The molecule has 1 atom stereocenters. The van der Waals surface area contributed by atoms with E-state index in [9.17, 15) is 8.42 Å². The van der Waals surface area contributed by atoms with E-state index in [1.807, 2.05) is 18.2 Å². The molecular formula is C21H25NO4S. The van der Waals surface area contributed by atoms with Crippen molar-refractivity contribution in [3.63, 3.8) is 0 Å². The summed E-state index contributed by atoms with van der Waals surface area (Å²) in [6.07, 6.45) is 6.47. The minimum Gasteiger partial charge on any atom is -0.491 e. The van der Waals surface area contributed by atoms with Crippen LogP contribution in [0.3, 0.4) is 0 Å². The molecule has 1 heterocycles. The summed E-state index contributed by atoms with van der Waals surface area (Å²) in [6, 6.07) is 12.5. The average Bonchev–Trinajstić information content (AvgIpc) is 3.19. The maximum Gasteiger partial charge on any atom is 0.261 e. The van der Waals surface area contributed by atoms with Crippen LogP contribution in [0.1, 0.15) is 36.8 Å². The molecule has 1 saturated heterocycles. The number of ether oxygens (including phenoxy) is 2.